The highest BCUT2D eigenvalue weighted by Gasteiger charge is 2.16. The van der Waals surface area contributed by atoms with E-state index in [4.69, 9.17) is 4.74 Å². The highest BCUT2D eigenvalue weighted by Crippen LogP contribution is 2.23. The first-order chi connectivity index (χ1) is 6.86. The predicted octanol–water partition coefficient (Wildman–Crippen LogP) is 1.34. The van der Waals surface area contributed by atoms with Crippen molar-refractivity contribution in [1.82, 2.24) is 10.3 Å². The van der Waals surface area contributed by atoms with Gasteiger partial charge in [-0.2, -0.15) is 0 Å². The van der Waals surface area contributed by atoms with Crippen molar-refractivity contribution in [2.24, 2.45) is 0 Å². The molecule has 0 amide bonds. The van der Waals surface area contributed by atoms with E-state index in [1.54, 1.807) is 18.3 Å². The molecule has 1 atom stereocenters. The van der Waals surface area contributed by atoms with E-state index < -0.39 is 0 Å². The Hall–Kier alpha value is -1.00. The lowest BCUT2D eigenvalue weighted by Gasteiger charge is -2.23. The molecule has 84 valence electrons. The van der Waals surface area contributed by atoms with Crippen LogP contribution in [0.3, 0.4) is 0 Å². The van der Waals surface area contributed by atoms with Gasteiger partial charge in [-0.3, -0.25) is 0 Å². The Bertz CT molecular complexity index is 303. The number of piperidine rings is 1. The van der Waals surface area contributed by atoms with Gasteiger partial charge in [-0.15, -0.1) is 12.4 Å². The fourth-order valence-corrected chi connectivity index (χ4v) is 1.55. The van der Waals surface area contributed by atoms with E-state index in [0.29, 0.717) is 5.88 Å². The van der Waals surface area contributed by atoms with E-state index in [2.05, 4.69) is 10.3 Å². The Labute approximate surface area is 95.1 Å². The summed E-state index contributed by atoms with van der Waals surface area (Å²) in [6.45, 7) is 1.88. The number of hydrogen-bond acceptors (Lipinski definition) is 4. The lowest BCUT2D eigenvalue weighted by molar-refractivity contribution is 0.155. The third kappa shape index (κ3) is 3.25. The lowest BCUT2D eigenvalue weighted by atomic mass is 10.1. The smallest absolute Gasteiger partial charge is 0.257 e. The minimum absolute atomic E-state index is 0. The number of ether oxygens (including phenoxy) is 1. The molecular formula is C10H15ClN2O2. The van der Waals surface area contributed by atoms with Crippen LogP contribution in [-0.2, 0) is 0 Å². The van der Waals surface area contributed by atoms with Gasteiger partial charge in [0, 0.05) is 12.7 Å². The molecule has 1 aliphatic heterocycles. The first kappa shape index (κ1) is 12.1. The Kier molecular flexibility index (Phi) is 4.65. The van der Waals surface area contributed by atoms with Gasteiger partial charge in [-0.1, -0.05) is 0 Å². The molecule has 4 nitrogen and oxygen atoms in total. The fourth-order valence-electron chi connectivity index (χ4n) is 1.55. The van der Waals surface area contributed by atoms with Gasteiger partial charge in [-0.05, 0) is 31.5 Å². The molecule has 15 heavy (non-hydrogen) atoms. The van der Waals surface area contributed by atoms with Crippen molar-refractivity contribution in [3.63, 3.8) is 0 Å². The number of aromatic hydroxyl groups is 1. The van der Waals surface area contributed by atoms with Crippen molar-refractivity contribution in [2.75, 3.05) is 13.1 Å². The monoisotopic (exact) mass is 230 g/mol. The summed E-state index contributed by atoms with van der Waals surface area (Å²) < 4.78 is 5.56. The third-order valence-corrected chi connectivity index (χ3v) is 2.28. The fraction of sp³-hybridized carbons (Fsp3) is 0.500. The Balaban J connectivity index is 0.00000112. The molecule has 1 saturated heterocycles. The molecule has 0 saturated carbocycles. The molecule has 1 fully saturated rings. The van der Waals surface area contributed by atoms with Crippen LogP contribution in [-0.4, -0.2) is 29.3 Å². The Morgan fingerprint density at radius 3 is 3.07 bits per heavy atom. The molecule has 0 aliphatic carbocycles. The summed E-state index contributed by atoms with van der Waals surface area (Å²) in [7, 11) is 0. The van der Waals surface area contributed by atoms with E-state index in [1.165, 1.54) is 0 Å². The van der Waals surface area contributed by atoms with Crippen molar-refractivity contribution in [3.8, 4) is 11.6 Å². The summed E-state index contributed by atoms with van der Waals surface area (Å²) in [5, 5.41) is 12.7. The molecule has 2 heterocycles. The molecule has 1 unspecified atom stereocenters. The summed E-state index contributed by atoms with van der Waals surface area (Å²) >= 11 is 0. The SMILES string of the molecule is Cl.Oc1cccnc1OC1CCCNC1. The van der Waals surface area contributed by atoms with E-state index in [9.17, 15) is 5.11 Å². The summed E-state index contributed by atoms with van der Waals surface area (Å²) in [4.78, 5) is 3.97. The average molecular weight is 231 g/mol. The number of rotatable bonds is 2. The van der Waals surface area contributed by atoms with Gasteiger partial charge in [0.2, 0.25) is 0 Å². The zero-order valence-corrected chi connectivity index (χ0v) is 9.17. The number of halogens is 1. The molecule has 0 spiro atoms. The quantitative estimate of drug-likeness (QED) is 0.805. The predicted molar refractivity (Wildman–Crippen MR) is 59.7 cm³/mol. The molecule has 2 rings (SSSR count). The highest BCUT2D eigenvalue weighted by atomic mass is 35.5. The van der Waals surface area contributed by atoms with Crippen LogP contribution < -0.4 is 10.1 Å². The van der Waals surface area contributed by atoms with Gasteiger partial charge in [-0.25, -0.2) is 4.98 Å². The largest absolute Gasteiger partial charge is 0.503 e. The van der Waals surface area contributed by atoms with Crippen LogP contribution in [0.2, 0.25) is 0 Å². The number of aromatic nitrogens is 1. The second-order valence-corrected chi connectivity index (χ2v) is 3.41. The minimum atomic E-state index is 0. The van der Waals surface area contributed by atoms with E-state index >= 15 is 0 Å². The van der Waals surface area contributed by atoms with E-state index in [-0.39, 0.29) is 24.3 Å². The molecule has 1 aromatic rings. The molecule has 1 aromatic heterocycles. The number of hydrogen-bond donors (Lipinski definition) is 2. The molecule has 1 aliphatic rings. The minimum Gasteiger partial charge on any atom is -0.503 e. The zero-order chi connectivity index (χ0) is 9.80. The van der Waals surface area contributed by atoms with Crippen LogP contribution in [0.1, 0.15) is 12.8 Å². The zero-order valence-electron chi connectivity index (χ0n) is 8.35. The second-order valence-electron chi connectivity index (χ2n) is 3.41. The Morgan fingerprint density at radius 1 is 1.53 bits per heavy atom. The van der Waals surface area contributed by atoms with Gasteiger partial charge >= 0.3 is 0 Å². The molecule has 0 bridgehead atoms. The van der Waals surface area contributed by atoms with E-state index in [0.717, 1.165) is 25.9 Å². The van der Waals surface area contributed by atoms with Gasteiger partial charge in [0.15, 0.2) is 5.75 Å². The van der Waals surface area contributed by atoms with Crippen LogP contribution >= 0.6 is 12.4 Å². The molecule has 0 radical (unpaired) electrons. The second kappa shape index (κ2) is 5.78. The van der Waals surface area contributed by atoms with Crippen molar-refractivity contribution in [3.05, 3.63) is 18.3 Å². The van der Waals surface area contributed by atoms with Crippen molar-refractivity contribution in [2.45, 2.75) is 18.9 Å². The van der Waals surface area contributed by atoms with Crippen molar-refractivity contribution in [1.29, 1.82) is 0 Å². The van der Waals surface area contributed by atoms with Gasteiger partial charge in [0.1, 0.15) is 6.10 Å². The van der Waals surface area contributed by atoms with Crippen LogP contribution in [0, 0.1) is 0 Å². The van der Waals surface area contributed by atoms with E-state index in [1.807, 2.05) is 0 Å². The normalized spacial score (nSPS) is 20.4. The molecule has 2 N–H and O–H groups in total. The number of pyridine rings is 1. The van der Waals surface area contributed by atoms with Crippen LogP contribution in [0.15, 0.2) is 18.3 Å². The first-order valence-corrected chi connectivity index (χ1v) is 4.87. The number of nitrogens with one attached hydrogen (secondary N) is 1. The van der Waals surface area contributed by atoms with Gasteiger partial charge < -0.3 is 15.2 Å². The van der Waals surface area contributed by atoms with Crippen LogP contribution in [0.25, 0.3) is 0 Å². The standard InChI is InChI=1S/C10H14N2O2.ClH/c13-9-4-2-6-12-10(9)14-8-3-1-5-11-7-8;/h2,4,6,8,11,13H,1,3,5,7H2;1H. The topological polar surface area (TPSA) is 54.4 Å². The van der Waals surface area contributed by atoms with Gasteiger partial charge in [0.25, 0.3) is 5.88 Å². The van der Waals surface area contributed by atoms with Gasteiger partial charge in [0.05, 0.1) is 0 Å². The average Bonchev–Trinajstić information content (AvgIpc) is 2.23. The summed E-state index contributed by atoms with van der Waals surface area (Å²) in [6.07, 6.45) is 3.87. The maximum atomic E-state index is 9.43. The molecular weight excluding hydrogens is 216 g/mol. The molecule has 0 aromatic carbocycles. The summed E-state index contributed by atoms with van der Waals surface area (Å²) in [5.74, 6) is 0.444. The number of nitrogens with zero attached hydrogens (tertiary/aromatic N) is 1. The Morgan fingerprint density at radius 2 is 2.40 bits per heavy atom. The van der Waals surface area contributed by atoms with Crippen LogP contribution in [0.5, 0.6) is 11.6 Å². The molecule has 5 heteroatoms. The summed E-state index contributed by atoms with van der Waals surface area (Å²) in [5.41, 5.74) is 0. The van der Waals surface area contributed by atoms with Crippen LogP contribution in [0.4, 0.5) is 0 Å². The maximum Gasteiger partial charge on any atom is 0.257 e. The van der Waals surface area contributed by atoms with Crippen molar-refractivity contribution < 1.29 is 9.84 Å². The lowest BCUT2D eigenvalue weighted by Crippen LogP contribution is -2.37. The highest BCUT2D eigenvalue weighted by molar-refractivity contribution is 5.85. The first-order valence-electron chi connectivity index (χ1n) is 4.87. The third-order valence-electron chi connectivity index (χ3n) is 2.28. The summed E-state index contributed by atoms with van der Waals surface area (Å²) in [6, 6.07) is 3.26. The maximum absolute atomic E-state index is 9.43. The van der Waals surface area contributed by atoms with Crippen molar-refractivity contribution >= 4 is 12.4 Å².